The Morgan fingerprint density at radius 3 is 2.72 bits per heavy atom. The number of carbonyl (C=O) groups is 1. The number of halogens is 2. The Kier molecular flexibility index (Phi) is 5.67. The summed E-state index contributed by atoms with van der Waals surface area (Å²) in [5.41, 5.74) is 2.35. The van der Waals surface area contributed by atoms with Crippen LogP contribution in [-0.2, 0) is 24.4 Å². The van der Waals surface area contributed by atoms with E-state index in [-0.39, 0.29) is 24.1 Å². The van der Waals surface area contributed by atoms with E-state index in [1.54, 1.807) is 17.4 Å². The van der Waals surface area contributed by atoms with Crippen LogP contribution in [0.3, 0.4) is 0 Å². The van der Waals surface area contributed by atoms with Gasteiger partial charge < -0.3 is 14.8 Å². The summed E-state index contributed by atoms with van der Waals surface area (Å²) < 4.78 is 29.3. The molecule has 1 aliphatic rings. The van der Waals surface area contributed by atoms with Crippen LogP contribution in [0.5, 0.6) is 0 Å². The maximum absolute atomic E-state index is 13.9. The van der Waals surface area contributed by atoms with Gasteiger partial charge in [-0.1, -0.05) is 42.5 Å². The van der Waals surface area contributed by atoms with E-state index in [1.165, 1.54) is 17.7 Å². The van der Waals surface area contributed by atoms with Crippen molar-refractivity contribution in [1.82, 2.24) is 19.8 Å². The fourth-order valence-electron chi connectivity index (χ4n) is 3.61. The largest absolute Gasteiger partial charge is 0.337 e. The molecule has 1 N–H and O–H groups in total. The lowest BCUT2D eigenvalue weighted by Crippen LogP contribution is -2.38. The number of aromatic nitrogens is 2. The van der Waals surface area contributed by atoms with E-state index in [0.29, 0.717) is 26.1 Å². The van der Waals surface area contributed by atoms with Gasteiger partial charge in [-0.2, -0.15) is 0 Å². The molecule has 7 heteroatoms. The van der Waals surface area contributed by atoms with E-state index in [9.17, 15) is 13.6 Å². The summed E-state index contributed by atoms with van der Waals surface area (Å²) >= 11 is 0. The van der Waals surface area contributed by atoms with Crippen molar-refractivity contribution in [2.24, 2.45) is 0 Å². The van der Waals surface area contributed by atoms with Crippen LogP contribution in [0.25, 0.3) is 0 Å². The number of likely N-dealkylation sites (tertiary alicyclic amines) is 1. The van der Waals surface area contributed by atoms with Crippen LogP contribution in [-0.4, -0.2) is 32.9 Å². The summed E-state index contributed by atoms with van der Waals surface area (Å²) in [7, 11) is 0. The Labute approximate surface area is 168 Å². The SMILES string of the molecule is O=C1[C@@H](NCc2cncn2Cc2ccccc2)CCN1Cc1cccc(F)c1F. The Morgan fingerprint density at radius 1 is 1.07 bits per heavy atom. The lowest BCUT2D eigenvalue weighted by Gasteiger charge is -2.18. The van der Waals surface area contributed by atoms with Crippen molar-refractivity contribution >= 4 is 5.91 Å². The first-order valence-corrected chi connectivity index (χ1v) is 9.60. The minimum absolute atomic E-state index is 0.0759. The van der Waals surface area contributed by atoms with Crippen molar-refractivity contribution in [3.05, 3.63) is 89.5 Å². The van der Waals surface area contributed by atoms with Gasteiger partial charge in [-0.15, -0.1) is 0 Å². The van der Waals surface area contributed by atoms with Gasteiger partial charge in [-0.25, -0.2) is 13.8 Å². The second-order valence-electron chi connectivity index (χ2n) is 7.19. The third-order valence-electron chi connectivity index (χ3n) is 5.21. The van der Waals surface area contributed by atoms with E-state index in [0.717, 1.165) is 11.8 Å². The van der Waals surface area contributed by atoms with E-state index in [1.807, 2.05) is 22.8 Å². The van der Waals surface area contributed by atoms with Gasteiger partial charge in [0.1, 0.15) is 0 Å². The van der Waals surface area contributed by atoms with Crippen LogP contribution >= 0.6 is 0 Å². The van der Waals surface area contributed by atoms with Crippen molar-refractivity contribution in [3.63, 3.8) is 0 Å². The molecule has 1 aromatic heterocycles. The Morgan fingerprint density at radius 2 is 1.90 bits per heavy atom. The predicted molar refractivity (Wildman–Crippen MR) is 105 cm³/mol. The fraction of sp³-hybridized carbons (Fsp3) is 0.273. The van der Waals surface area contributed by atoms with Crippen LogP contribution in [0.2, 0.25) is 0 Å². The highest BCUT2D eigenvalue weighted by molar-refractivity contribution is 5.83. The van der Waals surface area contributed by atoms with Crippen LogP contribution in [0.4, 0.5) is 8.78 Å². The maximum Gasteiger partial charge on any atom is 0.240 e. The molecule has 0 aliphatic carbocycles. The minimum atomic E-state index is -0.893. The summed E-state index contributed by atoms with van der Waals surface area (Å²) in [5, 5.41) is 3.28. The number of carbonyl (C=O) groups excluding carboxylic acids is 1. The first-order valence-electron chi connectivity index (χ1n) is 9.60. The molecule has 1 atom stereocenters. The zero-order chi connectivity index (χ0) is 20.2. The number of amides is 1. The highest BCUT2D eigenvalue weighted by Crippen LogP contribution is 2.19. The summed E-state index contributed by atoms with van der Waals surface area (Å²) in [5.74, 6) is -1.88. The second-order valence-corrected chi connectivity index (χ2v) is 7.19. The third kappa shape index (κ3) is 4.35. The lowest BCUT2D eigenvalue weighted by atomic mass is 10.2. The molecule has 1 aliphatic heterocycles. The summed E-state index contributed by atoms with van der Waals surface area (Å²) in [4.78, 5) is 18.5. The number of rotatable bonds is 7. The molecule has 1 amide bonds. The van der Waals surface area contributed by atoms with E-state index < -0.39 is 11.6 Å². The van der Waals surface area contributed by atoms with Gasteiger partial charge in [-0.3, -0.25) is 4.79 Å². The normalized spacial score (nSPS) is 16.6. The first-order chi connectivity index (χ1) is 14.1. The molecule has 1 fully saturated rings. The molecule has 1 saturated heterocycles. The Bertz CT molecular complexity index is 989. The van der Waals surface area contributed by atoms with E-state index in [4.69, 9.17) is 0 Å². The van der Waals surface area contributed by atoms with Crippen molar-refractivity contribution in [3.8, 4) is 0 Å². The van der Waals surface area contributed by atoms with Gasteiger partial charge in [0, 0.05) is 37.9 Å². The molecular weight excluding hydrogens is 374 g/mol. The number of hydrogen-bond donors (Lipinski definition) is 1. The lowest BCUT2D eigenvalue weighted by molar-refractivity contribution is -0.130. The van der Waals surface area contributed by atoms with Crippen molar-refractivity contribution in [1.29, 1.82) is 0 Å². The first kappa shape index (κ1) is 19.3. The molecule has 0 radical (unpaired) electrons. The average Bonchev–Trinajstić information content (AvgIpc) is 3.31. The second kappa shape index (κ2) is 8.53. The van der Waals surface area contributed by atoms with Gasteiger partial charge >= 0.3 is 0 Å². The van der Waals surface area contributed by atoms with Crippen molar-refractivity contribution < 1.29 is 13.6 Å². The molecule has 0 spiro atoms. The number of hydrogen-bond acceptors (Lipinski definition) is 3. The number of imidazole rings is 1. The predicted octanol–water partition coefficient (Wildman–Crippen LogP) is 3.10. The molecule has 2 heterocycles. The Balaban J connectivity index is 1.35. The van der Waals surface area contributed by atoms with Gasteiger partial charge in [0.25, 0.3) is 0 Å². The highest BCUT2D eigenvalue weighted by atomic mass is 19.2. The van der Waals surface area contributed by atoms with E-state index >= 15 is 0 Å². The smallest absolute Gasteiger partial charge is 0.240 e. The molecule has 0 unspecified atom stereocenters. The average molecular weight is 396 g/mol. The monoisotopic (exact) mass is 396 g/mol. The molecular formula is C22H22F2N4O. The molecule has 29 heavy (non-hydrogen) atoms. The summed E-state index contributed by atoms with van der Waals surface area (Å²) in [6.45, 7) is 1.80. The van der Waals surface area contributed by atoms with Crippen LogP contribution in [0.1, 0.15) is 23.2 Å². The van der Waals surface area contributed by atoms with Crippen LogP contribution < -0.4 is 5.32 Å². The quantitative estimate of drug-likeness (QED) is 0.668. The topological polar surface area (TPSA) is 50.2 Å². The molecule has 4 rings (SSSR count). The summed E-state index contributed by atoms with van der Waals surface area (Å²) in [6, 6.07) is 13.8. The van der Waals surface area contributed by atoms with Gasteiger partial charge in [0.05, 0.1) is 18.1 Å². The standard InChI is InChI=1S/C22H22F2N4O/c23-19-8-4-7-17(21(19)24)14-27-10-9-20(22(27)29)26-12-18-11-25-15-28(18)13-16-5-2-1-3-6-16/h1-8,11,15,20,26H,9-10,12-14H2/t20-/m0/s1. The molecule has 5 nitrogen and oxygen atoms in total. The molecule has 0 saturated carbocycles. The van der Waals surface area contributed by atoms with Crippen molar-refractivity contribution in [2.45, 2.75) is 32.1 Å². The Hall–Kier alpha value is -3.06. The fourth-order valence-corrected chi connectivity index (χ4v) is 3.61. The van der Waals surface area contributed by atoms with Gasteiger partial charge in [-0.05, 0) is 18.1 Å². The molecule has 2 aromatic carbocycles. The zero-order valence-corrected chi connectivity index (χ0v) is 15.9. The third-order valence-corrected chi connectivity index (χ3v) is 5.21. The minimum Gasteiger partial charge on any atom is -0.337 e. The van der Waals surface area contributed by atoms with Gasteiger partial charge in [0.2, 0.25) is 5.91 Å². The number of nitrogens with one attached hydrogen (secondary N) is 1. The highest BCUT2D eigenvalue weighted by Gasteiger charge is 2.31. The summed E-state index contributed by atoms with van der Waals surface area (Å²) in [6.07, 6.45) is 4.19. The van der Waals surface area contributed by atoms with Crippen molar-refractivity contribution in [2.75, 3.05) is 6.54 Å². The van der Waals surface area contributed by atoms with E-state index in [2.05, 4.69) is 22.4 Å². The van der Waals surface area contributed by atoms with Gasteiger partial charge in [0.15, 0.2) is 11.6 Å². The zero-order valence-electron chi connectivity index (χ0n) is 15.9. The van der Waals surface area contributed by atoms with Crippen LogP contribution in [0.15, 0.2) is 61.1 Å². The molecule has 150 valence electrons. The molecule has 3 aromatic rings. The van der Waals surface area contributed by atoms with Crippen LogP contribution in [0, 0.1) is 11.6 Å². The molecule has 0 bridgehead atoms. The number of nitrogens with zero attached hydrogens (tertiary/aromatic N) is 3. The maximum atomic E-state index is 13.9. The number of benzene rings is 2.